The molecule has 4 aliphatic rings. The van der Waals surface area contributed by atoms with Gasteiger partial charge < -0.3 is 35.6 Å². The molecule has 8 rings (SSSR count). The number of hydrogen-bond donors (Lipinski definition) is 7. The molecule has 2 unspecified atom stereocenters. The van der Waals surface area contributed by atoms with Gasteiger partial charge >= 0.3 is 0 Å². The number of benzene rings is 3. The first kappa shape index (κ1) is 29.8. The summed E-state index contributed by atoms with van der Waals surface area (Å²) in [6, 6.07) is 16.9. The minimum atomic E-state index is -0.951. The van der Waals surface area contributed by atoms with Gasteiger partial charge in [0, 0.05) is 27.4 Å². The number of H-pyrrole nitrogens is 1. The van der Waals surface area contributed by atoms with Crippen molar-refractivity contribution >= 4 is 33.9 Å². The Kier molecular flexibility index (Phi) is 6.38. The number of allylic oxidation sites excluding steroid dienone is 5. The van der Waals surface area contributed by atoms with Crippen molar-refractivity contribution in [1.29, 1.82) is 0 Å². The Morgan fingerprint density at radius 1 is 0.469 bits per heavy atom. The third kappa shape index (κ3) is 4.45. The van der Waals surface area contributed by atoms with Gasteiger partial charge in [-0.25, -0.2) is 4.99 Å². The molecule has 0 fully saturated rings. The molecule has 1 aromatic heterocycles. The Morgan fingerprint density at radius 2 is 0.857 bits per heavy atom. The number of aliphatic imine (C=N–C) groups is 3. The molecule has 2 atom stereocenters. The molecule has 4 aliphatic heterocycles. The summed E-state index contributed by atoms with van der Waals surface area (Å²) in [5, 5.41) is 67.5. The maximum absolute atomic E-state index is 11.1. The number of hydrogen-bond acceptors (Lipinski definition) is 9. The second kappa shape index (κ2) is 10.5. The number of nitrogens with one attached hydrogen (secondary N) is 1. The van der Waals surface area contributed by atoms with Crippen LogP contribution in [0.1, 0.15) is 30.5 Å². The first-order chi connectivity index (χ1) is 23.5. The van der Waals surface area contributed by atoms with E-state index in [0.29, 0.717) is 50.2 Å². The van der Waals surface area contributed by atoms with Gasteiger partial charge in [0.2, 0.25) is 0 Å². The Morgan fingerprint density at radius 3 is 1.31 bits per heavy atom. The summed E-state index contributed by atoms with van der Waals surface area (Å²) >= 11 is 0. The fraction of sp³-hybridized carbons (Fsp3) is 0.103. The summed E-state index contributed by atoms with van der Waals surface area (Å²) in [7, 11) is 0. The standard InChI is InChI=1S/C39H30N4O6/c1-38-18-16-24(42-38)33(36-28(46)8-4-9-29(36)47)22-14-12-20(40-22)32(35-26(44)6-3-7-27(35)45)21-13-15-23(41-21)34(25-17-19-39(38,2)43-25)37-30(48)10-5-11-31(37)49/h3-19,40,44-49H,1-2H3/b32-20+,33-22+,34-23+. The molecule has 10 heteroatoms. The molecule has 3 aromatic carbocycles. The highest BCUT2D eigenvalue weighted by Gasteiger charge is 2.46. The quantitative estimate of drug-likeness (QED) is 0.170. The highest BCUT2D eigenvalue weighted by Crippen LogP contribution is 2.45. The lowest BCUT2D eigenvalue weighted by molar-refractivity contribution is 0.404. The average Bonchev–Trinajstić information content (AvgIpc) is 3.87. The first-order valence-electron chi connectivity index (χ1n) is 15.6. The summed E-state index contributed by atoms with van der Waals surface area (Å²) in [5.41, 5.74) is 1.26. The first-order valence-corrected chi connectivity index (χ1v) is 15.6. The minimum Gasteiger partial charge on any atom is -0.507 e. The Bertz CT molecular complexity index is 2430. The molecule has 5 heterocycles. The van der Waals surface area contributed by atoms with Crippen LogP contribution in [0.25, 0.3) is 16.7 Å². The summed E-state index contributed by atoms with van der Waals surface area (Å²) in [6.07, 6.45) is 10.9. The predicted octanol–water partition coefficient (Wildman–Crippen LogP) is 4.62. The molecule has 8 bridgehead atoms. The highest BCUT2D eigenvalue weighted by atomic mass is 16.3. The van der Waals surface area contributed by atoms with Crippen molar-refractivity contribution in [1.82, 2.24) is 4.98 Å². The fourth-order valence-electron chi connectivity index (χ4n) is 6.84. The summed E-state index contributed by atoms with van der Waals surface area (Å²) in [5.74, 6) is -1.06. The van der Waals surface area contributed by atoms with Crippen molar-refractivity contribution in [2.75, 3.05) is 0 Å². The van der Waals surface area contributed by atoms with Crippen LogP contribution in [0.5, 0.6) is 34.5 Å². The van der Waals surface area contributed by atoms with Crippen LogP contribution in [0.4, 0.5) is 0 Å². The molecule has 0 saturated heterocycles. The zero-order valence-electron chi connectivity index (χ0n) is 26.3. The number of nitrogens with zero attached hydrogens (tertiary/aromatic N) is 3. The SMILES string of the molecule is CC12C=CC(=N1)/C(c1c(O)cccc1O)=C1/C=CC(=N1)/C(c1c(O)cccc1O)=c1/cc/c([nH]1)=C(\c1c(O)cccc1O)C1=NC2(C)C=C1. The van der Waals surface area contributed by atoms with E-state index >= 15 is 0 Å². The Labute approximate surface area is 279 Å². The topological polar surface area (TPSA) is 174 Å². The lowest BCUT2D eigenvalue weighted by atomic mass is 9.81. The molecule has 0 amide bonds. The van der Waals surface area contributed by atoms with Crippen molar-refractivity contribution < 1.29 is 30.6 Å². The van der Waals surface area contributed by atoms with Crippen molar-refractivity contribution in [3.63, 3.8) is 0 Å². The molecule has 0 radical (unpaired) electrons. The van der Waals surface area contributed by atoms with Crippen LogP contribution in [0.3, 0.4) is 0 Å². The zero-order valence-corrected chi connectivity index (χ0v) is 26.3. The molecule has 242 valence electrons. The van der Waals surface area contributed by atoms with Crippen molar-refractivity contribution in [3.05, 3.63) is 136 Å². The van der Waals surface area contributed by atoms with Crippen LogP contribution < -0.4 is 10.7 Å². The molecule has 0 aliphatic carbocycles. The van der Waals surface area contributed by atoms with Gasteiger partial charge in [-0.1, -0.05) is 30.4 Å². The molecule has 4 aromatic rings. The minimum absolute atomic E-state index is 0.111. The number of phenols is 6. The highest BCUT2D eigenvalue weighted by molar-refractivity contribution is 6.36. The van der Waals surface area contributed by atoms with E-state index in [2.05, 4.69) is 4.98 Å². The molecule has 10 nitrogen and oxygen atoms in total. The average molecular weight is 651 g/mol. The van der Waals surface area contributed by atoms with Gasteiger partial charge in [-0.15, -0.1) is 0 Å². The van der Waals surface area contributed by atoms with E-state index in [1.54, 1.807) is 30.4 Å². The molecule has 7 N–H and O–H groups in total. The fourth-order valence-corrected chi connectivity index (χ4v) is 6.84. The van der Waals surface area contributed by atoms with Crippen molar-refractivity contribution in [3.8, 4) is 34.5 Å². The third-order valence-electron chi connectivity index (χ3n) is 9.56. The number of fused-ring (bicyclic) bond motifs is 6. The van der Waals surface area contributed by atoms with Crippen molar-refractivity contribution in [2.45, 2.75) is 24.9 Å². The predicted molar refractivity (Wildman–Crippen MR) is 188 cm³/mol. The second-order valence-electron chi connectivity index (χ2n) is 12.6. The normalized spacial score (nSPS) is 26.0. The van der Waals surface area contributed by atoms with E-state index in [1.165, 1.54) is 48.5 Å². The second-order valence-corrected chi connectivity index (χ2v) is 12.6. The van der Waals surface area contributed by atoms with Crippen molar-refractivity contribution in [2.24, 2.45) is 15.0 Å². The lowest BCUT2D eigenvalue weighted by Crippen LogP contribution is -2.42. The van der Waals surface area contributed by atoms with E-state index in [4.69, 9.17) is 15.0 Å². The third-order valence-corrected chi connectivity index (χ3v) is 9.56. The van der Waals surface area contributed by atoms with Gasteiger partial charge in [-0.05, 0) is 86.7 Å². The molecular formula is C39H30N4O6. The van der Waals surface area contributed by atoms with E-state index in [0.717, 1.165) is 0 Å². The zero-order chi connectivity index (χ0) is 34.2. The number of aromatic amines is 1. The lowest BCUT2D eigenvalue weighted by Gasteiger charge is -2.33. The van der Waals surface area contributed by atoms with Crippen LogP contribution in [0.2, 0.25) is 0 Å². The maximum Gasteiger partial charge on any atom is 0.127 e. The summed E-state index contributed by atoms with van der Waals surface area (Å²) < 4.78 is 0. The largest absolute Gasteiger partial charge is 0.507 e. The van der Waals surface area contributed by atoms with E-state index < -0.39 is 11.1 Å². The van der Waals surface area contributed by atoms with Crippen LogP contribution in [0, 0.1) is 0 Å². The summed E-state index contributed by atoms with van der Waals surface area (Å²) in [6.45, 7) is 3.85. The van der Waals surface area contributed by atoms with Crippen LogP contribution in [-0.2, 0) is 0 Å². The monoisotopic (exact) mass is 650 g/mol. The van der Waals surface area contributed by atoms with Gasteiger partial charge in [-0.3, -0.25) is 9.98 Å². The maximum atomic E-state index is 11.1. The van der Waals surface area contributed by atoms with E-state index in [-0.39, 0.29) is 51.2 Å². The van der Waals surface area contributed by atoms with Gasteiger partial charge in [0.25, 0.3) is 0 Å². The molecule has 0 spiro atoms. The Hall–Kier alpha value is -6.55. The van der Waals surface area contributed by atoms with Crippen LogP contribution >= 0.6 is 0 Å². The number of phenolic OH excluding ortho intramolecular Hbond substituents is 6. The number of aromatic hydroxyl groups is 6. The van der Waals surface area contributed by atoms with E-state index in [1.807, 2.05) is 38.2 Å². The summed E-state index contributed by atoms with van der Waals surface area (Å²) in [4.78, 5) is 18.7. The molecule has 49 heavy (non-hydrogen) atoms. The van der Waals surface area contributed by atoms with Crippen LogP contribution in [-0.4, -0.2) is 63.8 Å². The van der Waals surface area contributed by atoms with Gasteiger partial charge in [-0.2, -0.15) is 0 Å². The van der Waals surface area contributed by atoms with Gasteiger partial charge in [0.1, 0.15) is 45.6 Å². The van der Waals surface area contributed by atoms with Gasteiger partial charge in [0.15, 0.2) is 0 Å². The number of rotatable bonds is 3. The van der Waals surface area contributed by atoms with E-state index in [9.17, 15) is 30.6 Å². The van der Waals surface area contributed by atoms with Crippen LogP contribution in [0.15, 0.2) is 124 Å². The molecular weight excluding hydrogens is 620 g/mol. The van der Waals surface area contributed by atoms with Gasteiger partial charge in [0.05, 0.1) is 39.5 Å². The Balaban J connectivity index is 1.55. The smallest absolute Gasteiger partial charge is 0.127 e. The molecule has 0 saturated carbocycles. The number of aromatic nitrogens is 1.